The molecule has 0 radical (unpaired) electrons. The van der Waals surface area contributed by atoms with Crippen molar-refractivity contribution in [2.75, 3.05) is 0 Å². The molecule has 1 aromatic carbocycles. The van der Waals surface area contributed by atoms with Gasteiger partial charge in [-0.3, -0.25) is 0 Å². The molecule has 0 bridgehead atoms. The van der Waals surface area contributed by atoms with Gasteiger partial charge in [-0.15, -0.1) is 0 Å². The molecule has 1 aliphatic rings. The fraction of sp³-hybridized carbons (Fsp3) is 0.500. The van der Waals surface area contributed by atoms with E-state index in [9.17, 15) is 9.18 Å². The third-order valence-corrected chi connectivity index (χ3v) is 3.36. The van der Waals surface area contributed by atoms with Crippen molar-refractivity contribution in [3.8, 4) is 0 Å². The highest BCUT2D eigenvalue weighted by Gasteiger charge is 2.32. The lowest BCUT2D eigenvalue weighted by Crippen LogP contribution is -2.46. The summed E-state index contributed by atoms with van der Waals surface area (Å²) in [6, 6.07) is 9.08. The second kappa shape index (κ2) is 6.52. The summed E-state index contributed by atoms with van der Waals surface area (Å²) in [7, 11) is 0. The van der Waals surface area contributed by atoms with Gasteiger partial charge in [-0.25, -0.2) is 9.18 Å². The highest BCUT2D eigenvalue weighted by molar-refractivity contribution is 5.64. The number of ether oxygens (including phenoxy) is 1. The largest absolute Gasteiger partial charge is 0.465 e. The molecule has 0 heterocycles. The van der Waals surface area contributed by atoms with Gasteiger partial charge in [0, 0.05) is 0 Å². The van der Waals surface area contributed by atoms with Crippen LogP contribution in [0, 0.1) is 0 Å². The first-order chi connectivity index (χ1) is 9.15. The molecule has 2 N–H and O–H groups in total. The number of nitrogens with one attached hydrogen (secondary N) is 1. The lowest BCUT2D eigenvalue weighted by molar-refractivity contribution is -0.00906. The van der Waals surface area contributed by atoms with Crippen LogP contribution < -0.4 is 5.32 Å². The summed E-state index contributed by atoms with van der Waals surface area (Å²) in [5.41, 5.74) is 1.06. The molecule has 1 fully saturated rings. The Bertz CT molecular complexity index is 412. The molecule has 4 nitrogen and oxygen atoms in total. The van der Waals surface area contributed by atoms with Crippen LogP contribution in [0.15, 0.2) is 30.3 Å². The van der Waals surface area contributed by atoms with Crippen molar-refractivity contribution >= 4 is 6.09 Å². The SMILES string of the molecule is O=C(O)NC1CC(OCc2ccccc2)CCC1F. The Kier molecular flexibility index (Phi) is 4.74. The number of rotatable bonds is 4. The zero-order valence-corrected chi connectivity index (χ0v) is 10.6. The van der Waals surface area contributed by atoms with Crippen LogP contribution in [-0.4, -0.2) is 29.5 Å². The van der Waals surface area contributed by atoms with Crippen LogP contribution in [0.1, 0.15) is 24.8 Å². The molecule has 19 heavy (non-hydrogen) atoms. The van der Waals surface area contributed by atoms with Crippen molar-refractivity contribution in [1.82, 2.24) is 5.32 Å². The van der Waals surface area contributed by atoms with Gasteiger partial charge in [0.15, 0.2) is 0 Å². The van der Waals surface area contributed by atoms with E-state index >= 15 is 0 Å². The average molecular weight is 267 g/mol. The van der Waals surface area contributed by atoms with Gasteiger partial charge in [0.1, 0.15) is 6.17 Å². The topological polar surface area (TPSA) is 58.6 Å². The predicted octanol–water partition coefficient (Wildman–Crippen LogP) is 2.73. The smallest absolute Gasteiger partial charge is 0.404 e. The van der Waals surface area contributed by atoms with Gasteiger partial charge in [-0.2, -0.15) is 0 Å². The number of hydrogen-bond donors (Lipinski definition) is 2. The molecule has 104 valence electrons. The van der Waals surface area contributed by atoms with E-state index in [4.69, 9.17) is 9.84 Å². The highest BCUT2D eigenvalue weighted by atomic mass is 19.1. The Labute approximate surface area is 111 Å². The number of hydrogen-bond acceptors (Lipinski definition) is 2. The normalized spacial score (nSPS) is 26.9. The lowest BCUT2D eigenvalue weighted by Gasteiger charge is -2.31. The van der Waals surface area contributed by atoms with Crippen molar-refractivity contribution < 1.29 is 19.0 Å². The van der Waals surface area contributed by atoms with Crippen LogP contribution in [0.5, 0.6) is 0 Å². The van der Waals surface area contributed by atoms with E-state index in [-0.39, 0.29) is 6.10 Å². The van der Waals surface area contributed by atoms with Crippen molar-refractivity contribution in [2.45, 2.75) is 44.2 Å². The number of benzene rings is 1. The Morgan fingerprint density at radius 3 is 2.79 bits per heavy atom. The Hall–Kier alpha value is -1.62. The fourth-order valence-corrected chi connectivity index (χ4v) is 2.34. The summed E-state index contributed by atoms with van der Waals surface area (Å²) in [5.74, 6) is 0. The van der Waals surface area contributed by atoms with Gasteiger partial charge in [0.2, 0.25) is 0 Å². The minimum atomic E-state index is -1.18. The molecule has 3 atom stereocenters. The molecule has 5 heteroatoms. The average Bonchev–Trinajstić information content (AvgIpc) is 2.40. The van der Waals surface area contributed by atoms with Gasteiger partial charge in [-0.1, -0.05) is 30.3 Å². The van der Waals surface area contributed by atoms with Crippen LogP contribution >= 0.6 is 0 Å². The molecule has 0 spiro atoms. The van der Waals surface area contributed by atoms with Gasteiger partial charge >= 0.3 is 6.09 Å². The summed E-state index contributed by atoms with van der Waals surface area (Å²) in [6.07, 6.45) is -1.04. The molecule has 1 aromatic rings. The van der Waals surface area contributed by atoms with Crippen LogP contribution in [0.25, 0.3) is 0 Å². The first-order valence-electron chi connectivity index (χ1n) is 6.44. The minimum Gasteiger partial charge on any atom is -0.465 e. The highest BCUT2D eigenvalue weighted by Crippen LogP contribution is 2.25. The van der Waals surface area contributed by atoms with Crippen molar-refractivity contribution in [3.63, 3.8) is 0 Å². The first kappa shape index (κ1) is 13.8. The first-order valence-corrected chi connectivity index (χ1v) is 6.44. The zero-order chi connectivity index (χ0) is 13.7. The standard InChI is InChI=1S/C14H18FNO3/c15-12-7-6-11(8-13(12)16-14(17)18)19-9-10-4-2-1-3-5-10/h1-5,11-13,16H,6-9H2,(H,17,18). The molecule has 1 amide bonds. The number of alkyl halides is 1. The van der Waals surface area contributed by atoms with E-state index in [1.165, 1.54) is 0 Å². The maximum absolute atomic E-state index is 13.6. The fourth-order valence-electron chi connectivity index (χ4n) is 2.34. The Morgan fingerprint density at radius 2 is 2.11 bits per heavy atom. The van der Waals surface area contributed by atoms with E-state index in [0.717, 1.165) is 5.56 Å². The van der Waals surface area contributed by atoms with Crippen molar-refractivity contribution in [2.24, 2.45) is 0 Å². The van der Waals surface area contributed by atoms with Gasteiger partial charge in [0.25, 0.3) is 0 Å². The molecule has 1 saturated carbocycles. The van der Waals surface area contributed by atoms with Crippen LogP contribution in [0.3, 0.4) is 0 Å². The van der Waals surface area contributed by atoms with E-state index in [0.29, 0.717) is 25.9 Å². The number of halogens is 1. The monoisotopic (exact) mass is 267 g/mol. The second-order valence-corrected chi connectivity index (χ2v) is 4.80. The van der Waals surface area contributed by atoms with Crippen LogP contribution in [-0.2, 0) is 11.3 Å². The Balaban J connectivity index is 1.83. The van der Waals surface area contributed by atoms with Crippen LogP contribution in [0.2, 0.25) is 0 Å². The van der Waals surface area contributed by atoms with Crippen molar-refractivity contribution in [3.05, 3.63) is 35.9 Å². The maximum atomic E-state index is 13.6. The molecule has 0 saturated heterocycles. The lowest BCUT2D eigenvalue weighted by atomic mass is 9.91. The van der Waals surface area contributed by atoms with Gasteiger partial charge < -0.3 is 15.2 Å². The van der Waals surface area contributed by atoms with Crippen LogP contribution in [0.4, 0.5) is 9.18 Å². The molecule has 0 aliphatic heterocycles. The summed E-state index contributed by atoms with van der Waals surface area (Å²) in [6.45, 7) is 0.474. The molecular weight excluding hydrogens is 249 g/mol. The zero-order valence-electron chi connectivity index (χ0n) is 10.6. The third kappa shape index (κ3) is 4.21. The second-order valence-electron chi connectivity index (χ2n) is 4.80. The molecule has 1 aliphatic carbocycles. The summed E-state index contributed by atoms with van der Waals surface area (Å²) in [4.78, 5) is 10.6. The molecular formula is C14H18FNO3. The number of amides is 1. The van der Waals surface area contributed by atoms with Gasteiger partial charge in [0.05, 0.1) is 18.8 Å². The number of carbonyl (C=O) groups is 1. The summed E-state index contributed by atoms with van der Waals surface area (Å²) >= 11 is 0. The van der Waals surface area contributed by atoms with E-state index in [1.54, 1.807) is 0 Å². The molecule has 3 unspecified atom stereocenters. The van der Waals surface area contributed by atoms with E-state index < -0.39 is 18.3 Å². The maximum Gasteiger partial charge on any atom is 0.404 e. The Morgan fingerprint density at radius 1 is 1.37 bits per heavy atom. The third-order valence-electron chi connectivity index (χ3n) is 3.36. The predicted molar refractivity (Wildman–Crippen MR) is 68.7 cm³/mol. The minimum absolute atomic E-state index is 0.0935. The molecule has 2 rings (SSSR count). The molecule has 0 aromatic heterocycles. The summed E-state index contributed by atoms with van der Waals surface area (Å²) in [5, 5.41) is 10.9. The quantitative estimate of drug-likeness (QED) is 0.881. The summed E-state index contributed by atoms with van der Waals surface area (Å²) < 4.78 is 19.3. The van der Waals surface area contributed by atoms with Crippen molar-refractivity contribution in [1.29, 1.82) is 0 Å². The number of carboxylic acid groups (broad SMARTS) is 1. The van der Waals surface area contributed by atoms with E-state index in [2.05, 4.69) is 5.32 Å². The van der Waals surface area contributed by atoms with Gasteiger partial charge in [-0.05, 0) is 24.8 Å². The van der Waals surface area contributed by atoms with E-state index in [1.807, 2.05) is 30.3 Å².